The summed E-state index contributed by atoms with van der Waals surface area (Å²) in [4.78, 5) is 31.9. The number of rotatable bonds is 4. The van der Waals surface area contributed by atoms with Crippen LogP contribution in [0.25, 0.3) is 0 Å². The van der Waals surface area contributed by atoms with Crippen molar-refractivity contribution in [3.8, 4) is 6.07 Å². The molecular formula is C24H16ClN3O2. The van der Waals surface area contributed by atoms with E-state index in [4.69, 9.17) is 11.6 Å². The van der Waals surface area contributed by atoms with E-state index in [9.17, 15) is 14.9 Å². The Morgan fingerprint density at radius 1 is 1.00 bits per heavy atom. The van der Waals surface area contributed by atoms with Gasteiger partial charge < -0.3 is 0 Å². The highest BCUT2D eigenvalue weighted by atomic mass is 35.5. The molecule has 146 valence electrons. The summed E-state index contributed by atoms with van der Waals surface area (Å²) in [7, 11) is 0. The molecule has 1 aliphatic heterocycles. The SMILES string of the molecule is N#C[C@@H](N=CC1C(=O)N(c2cccc(Cl)c2)C(=O)c2ccccc21)c1ccccc1. The molecule has 1 unspecified atom stereocenters. The molecule has 0 aliphatic carbocycles. The molecule has 3 aromatic rings. The second-order valence-corrected chi connectivity index (χ2v) is 7.20. The van der Waals surface area contributed by atoms with Crippen LogP contribution in [0.5, 0.6) is 0 Å². The van der Waals surface area contributed by atoms with Crippen molar-refractivity contribution >= 4 is 35.3 Å². The minimum Gasteiger partial charge on any atom is -0.273 e. The lowest BCUT2D eigenvalue weighted by Gasteiger charge is -2.31. The maximum absolute atomic E-state index is 13.3. The molecule has 1 heterocycles. The van der Waals surface area contributed by atoms with Crippen LogP contribution >= 0.6 is 11.6 Å². The van der Waals surface area contributed by atoms with Crippen molar-refractivity contribution in [3.05, 3.63) is 101 Å². The van der Waals surface area contributed by atoms with Crippen LogP contribution in [0, 0.1) is 11.3 Å². The number of benzene rings is 3. The molecule has 0 radical (unpaired) electrons. The van der Waals surface area contributed by atoms with Crippen LogP contribution in [-0.2, 0) is 4.79 Å². The number of nitrogens with zero attached hydrogens (tertiary/aromatic N) is 3. The first-order valence-electron chi connectivity index (χ1n) is 9.31. The summed E-state index contributed by atoms with van der Waals surface area (Å²) in [5.74, 6) is -1.64. The topological polar surface area (TPSA) is 73.5 Å². The highest BCUT2D eigenvalue weighted by Gasteiger charge is 2.38. The Morgan fingerprint density at radius 2 is 1.73 bits per heavy atom. The Bertz CT molecular complexity index is 1180. The number of hydrogen-bond acceptors (Lipinski definition) is 4. The van der Waals surface area contributed by atoms with E-state index in [-0.39, 0.29) is 0 Å². The summed E-state index contributed by atoms with van der Waals surface area (Å²) in [5, 5.41) is 9.97. The predicted molar refractivity (Wildman–Crippen MR) is 116 cm³/mol. The van der Waals surface area contributed by atoms with Crippen LogP contribution in [0.4, 0.5) is 5.69 Å². The molecule has 0 fully saturated rings. The molecule has 2 atom stereocenters. The van der Waals surface area contributed by atoms with Crippen molar-refractivity contribution in [1.29, 1.82) is 5.26 Å². The zero-order valence-electron chi connectivity index (χ0n) is 15.8. The molecule has 2 amide bonds. The number of amides is 2. The first-order chi connectivity index (χ1) is 14.6. The second kappa shape index (κ2) is 8.32. The summed E-state index contributed by atoms with van der Waals surface area (Å²) >= 11 is 6.07. The van der Waals surface area contributed by atoms with E-state index >= 15 is 0 Å². The number of carbonyl (C=O) groups excluding carboxylic acids is 2. The van der Waals surface area contributed by atoms with E-state index in [2.05, 4.69) is 11.1 Å². The monoisotopic (exact) mass is 413 g/mol. The van der Waals surface area contributed by atoms with Gasteiger partial charge in [0.2, 0.25) is 5.91 Å². The molecular weight excluding hydrogens is 398 g/mol. The Labute approximate surface area is 178 Å². The lowest BCUT2D eigenvalue weighted by Crippen LogP contribution is -2.45. The van der Waals surface area contributed by atoms with Crippen LogP contribution in [0.1, 0.15) is 33.4 Å². The minimum atomic E-state index is -0.794. The standard InChI is InChI=1S/C24H16ClN3O2/c25-17-9-6-10-18(13-17)28-23(29)20-12-5-4-11-19(20)21(24(28)30)15-27-22(14-26)16-7-2-1-3-8-16/h1-13,15,21-22H/t21?,22-/m1/s1. The second-order valence-electron chi connectivity index (χ2n) is 6.76. The normalized spacial score (nSPS) is 16.9. The van der Waals surface area contributed by atoms with Crippen molar-refractivity contribution in [3.63, 3.8) is 0 Å². The van der Waals surface area contributed by atoms with Gasteiger partial charge in [-0.3, -0.25) is 14.6 Å². The number of halogens is 1. The zero-order valence-corrected chi connectivity index (χ0v) is 16.5. The highest BCUT2D eigenvalue weighted by Crippen LogP contribution is 2.33. The number of fused-ring (bicyclic) bond motifs is 1. The van der Waals surface area contributed by atoms with Gasteiger partial charge in [0.15, 0.2) is 6.04 Å². The van der Waals surface area contributed by atoms with E-state index in [0.717, 1.165) is 10.5 Å². The van der Waals surface area contributed by atoms with Crippen molar-refractivity contribution in [2.24, 2.45) is 4.99 Å². The van der Waals surface area contributed by atoms with Crippen molar-refractivity contribution < 1.29 is 9.59 Å². The van der Waals surface area contributed by atoms with Gasteiger partial charge in [-0.1, -0.05) is 66.2 Å². The quantitative estimate of drug-likeness (QED) is 0.449. The van der Waals surface area contributed by atoms with E-state index < -0.39 is 23.8 Å². The van der Waals surface area contributed by atoms with Crippen LogP contribution < -0.4 is 4.90 Å². The number of carbonyl (C=O) groups is 2. The summed E-state index contributed by atoms with van der Waals surface area (Å²) in [5.41, 5.74) is 2.11. The molecule has 0 saturated carbocycles. The lowest BCUT2D eigenvalue weighted by atomic mass is 9.88. The van der Waals surface area contributed by atoms with E-state index in [1.165, 1.54) is 6.21 Å². The van der Waals surface area contributed by atoms with Crippen LogP contribution in [0.15, 0.2) is 83.9 Å². The van der Waals surface area contributed by atoms with Gasteiger partial charge in [0.05, 0.1) is 17.7 Å². The fraction of sp³-hybridized carbons (Fsp3) is 0.0833. The number of anilines is 1. The van der Waals surface area contributed by atoms with Crippen LogP contribution in [0.2, 0.25) is 5.02 Å². The Hall–Kier alpha value is -3.75. The van der Waals surface area contributed by atoms with Gasteiger partial charge in [-0.15, -0.1) is 0 Å². The smallest absolute Gasteiger partial charge is 0.265 e. The van der Waals surface area contributed by atoms with Gasteiger partial charge in [0.1, 0.15) is 0 Å². The average Bonchev–Trinajstić information content (AvgIpc) is 2.77. The third-order valence-corrected chi connectivity index (χ3v) is 5.14. The zero-order chi connectivity index (χ0) is 21.1. The Morgan fingerprint density at radius 3 is 2.47 bits per heavy atom. The molecule has 1 aliphatic rings. The third kappa shape index (κ3) is 3.61. The molecule has 0 bridgehead atoms. The van der Waals surface area contributed by atoms with Gasteiger partial charge in [-0.2, -0.15) is 5.26 Å². The minimum absolute atomic E-state index is 0.394. The summed E-state index contributed by atoms with van der Waals surface area (Å²) < 4.78 is 0. The molecule has 6 heteroatoms. The van der Waals surface area contributed by atoms with Gasteiger partial charge >= 0.3 is 0 Å². The Balaban J connectivity index is 1.76. The van der Waals surface area contributed by atoms with Gasteiger partial charge in [0.25, 0.3) is 5.91 Å². The third-order valence-electron chi connectivity index (χ3n) is 4.90. The molecule has 0 saturated heterocycles. The number of imide groups is 1. The number of hydrogen-bond donors (Lipinski definition) is 0. The van der Waals surface area contributed by atoms with Crippen molar-refractivity contribution in [2.45, 2.75) is 12.0 Å². The molecule has 0 aromatic heterocycles. The fourth-order valence-corrected chi connectivity index (χ4v) is 3.65. The van der Waals surface area contributed by atoms with Gasteiger partial charge in [-0.05, 0) is 35.4 Å². The van der Waals surface area contributed by atoms with E-state index in [0.29, 0.717) is 21.8 Å². The molecule has 0 N–H and O–H groups in total. The summed E-state index contributed by atoms with van der Waals surface area (Å²) in [6.45, 7) is 0. The van der Waals surface area contributed by atoms with Gasteiger partial charge in [0, 0.05) is 16.8 Å². The maximum Gasteiger partial charge on any atom is 0.265 e. The maximum atomic E-state index is 13.3. The fourth-order valence-electron chi connectivity index (χ4n) is 3.46. The Kier molecular flexibility index (Phi) is 5.42. The predicted octanol–water partition coefficient (Wildman–Crippen LogP) is 4.95. The van der Waals surface area contributed by atoms with Crippen molar-refractivity contribution in [2.75, 3.05) is 4.90 Å². The lowest BCUT2D eigenvalue weighted by molar-refractivity contribution is -0.118. The highest BCUT2D eigenvalue weighted by molar-refractivity contribution is 6.32. The molecule has 5 nitrogen and oxygen atoms in total. The van der Waals surface area contributed by atoms with E-state index in [1.54, 1.807) is 48.5 Å². The first kappa shape index (κ1) is 19.6. The van der Waals surface area contributed by atoms with Crippen molar-refractivity contribution in [1.82, 2.24) is 0 Å². The molecule has 30 heavy (non-hydrogen) atoms. The summed E-state index contributed by atoms with van der Waals surface area (Å²) in [6, 6.07) is 24.1. The van der Waals surface area contributed by atoms with Gasteiger partial charge in [-0.25, -0.2) is 4.90 Å². The molecule has 4 rings (SSSR count). The largest absolute Gasteiger partial charge is 0.273 e. The van der Waals surface area contributed by atoms with Crippen LogP contribution in [-0.4, -0.2) is 18.0 Å². The van der Waals surface area contributed by atoms with E-state index in [1.807, 2.05) is 30.3 Å². The molecule has 0 spiro atoms. The number of aliphatic imine (C=N–C) groups is 1. The number of nitriles is 1. The first-order valence-corrected chi connectivity index (χ1v) is 9.68. The molecule has 3 aromatic carbocycles. The summed E-state index contributed by atoms with van der Waals surface area (Å²) in [6.07, 6.45) is 1.46. The van der Waals surface area contributed by atoms with Crippen LogP contribution in [0.3, 0.4) is 0 Å². The average molecular weight is 414 g/mol.